The van der Waals surface area contributed by atoms with E-state index in [0.717, 1.165) is 37.8 Å². The van der Waals surface area contributed by atoms with Crippen LogP contribution >= 0.6 is 0 Å². The van der Waals surface area contributed by atoms with Crippen molar-refractivity contribution in [2.24, 2.45) is 5.41 Å². The third kappa shape index (κ3) is 5.02. The monoisotopic (exact) mass is 515 g/mol. The van der Waals surface area contributed by atoms with E-state index in [0.29, 0.717) is 40.9 Å². The van der Waals surface area contributed by atoms with E-state index in [1.54, 1.807) is 12.1 Å². The molecule has 2 atom stereocenters. The number of benzene rings is 2. The molecule has 2 unspecified atom stereocenters. The van der Waals surface area contributed by atoms with Crippen LogP contribution in [0.5, 0.6) is 0 Å². The summed E-state index contributed by atoms with van der Waals surface area (Å²) in [6.07, 6.45) is -2.48. The Labute approximate surface area is 213 Å². The van der Waals surface area contributed by atoms with Crippen LogP contribution < -0.4 is 0 Å². The number of hydrogen-bond donors (Lipinski definition) is 1. The highest BCUT2D eigenvalue weighted by atomic mass is 19.4. The SMILES string of the molecule is CC1(C)Cc2nc(C3CCCC3)c(C(F)c3ccc(C(F)(F)F)cc3)c(-c3ccc(F)cc3)c2C(O)C1. The molecule has 2 aliphatic carbocycles. The van der Waals surface area contributed by atoms with Gasteiger partial charge in [0.2, 0.25) is 0 Å². The second kappa shape index (κ2) is 9.50. The Morgan fingerprint density at radius 3 is 2.19 bits per heavy atom. The predicted molar refractivity (Wildman–Crippen MR) is 132 cm³/mol. The Hall–Kier alpha value is -2.80. The number of alkyl halides is 4. The van der Waals surface area contributed by atoms with Gasteiger partial charge in [0.15, 0.2) is 6.17 Å². The fourth-order valence-electron chi connectivity index (χ4n) is 6.03. The van der Waals surface area contributed by atoms with Crippen molar-refractivity contribution in [2.75, 3.05) is 0 Å². The average Bonchev–Trinajstić information content (AvgIpc) is 3.37. The van der Waals surface area contributed by atoms with Crippen LogP contribution in [0.2, 0.25) is 0 Å². The summed E-state index contributed by atoms with van der Waals surface area (Å²) >= 11 is 0. The van der Waals surface area contributed by atoms with Gasteiger partial charge in [0, 0.05) is 22.7 Å². The number of halogens is 5. The molecule has 196 valence electrons. The summed E-state index contributed by atoms with van der Waals surface area (Å²) in [7, 11) is 0. The van der Waals surface area contributed by atoms with Gasteiger partial charge >= 0.3 is 6.18 Å². The molecule has 0 aliphatic heterocycles. The molecule has 7 heteroatoms. The van der Waals surface area contributed by atoms with Gasteiger partial charge < -0.3 is 5.11 Å². The summed E-state index contributed by atoms with van der Waals surface area (Å²) < 4.78 is 70.0. The van der Waals surface area contributed by atoms with E-state index in [-0.39, 0.29) is 22.5 Å². The summed E-state index contributed by atoms with van der Waals surface area (Å²) in [5, 5.41) is 11.3. The van der Waals surface area contributed by atoms with Crippen LogP contribution in [0.15, 0.2) is 48.5 Å². The quantitative estimate of drug-likeness (QED) is 0.353. The maximum atomic E-state index is 16.6. The van der Waals surface area contributed by atoms with Gasteiger partial charge in [-0.1, -0.05) is 51.0 Å². The van der Waals surface area contributed by atoms with E-state index < -0.39 is 29.8 Å². The number of aliphatic hydroxyl groups excluding tert-OH is 1. The van der Waals surface area contributed by atoms with Crippen LogP contribution in [0.1, 0.15) is 97.8 Å². The van der Waals surface area contributed by atoms with E-state index >= 15 is 4.39 Å². The molecule has 1 heterocycles. The average molecular weight is 516 g/mol. The Bertz CT molecular complexity index is 1280. The lowest BCUT2D eigenvalue weighted by molar-refractivity contribution is -0.137. The fourth-order valence-corrected chi connectivity index (χ4v) is 6.03. The largest absolute Gasteiger partial charge is 0.416 e. The van der Waals surface area contributed by atoms with Gasteiger partial charge in [0.05, 0.1) is 17.4 Å². The predicted octanol–water partition coefficient (Wildman–Crippen LogP) is 8.63. The van der Waals surface area contributed by atoms with Crippen molar-refractivity contribution in [2.45, 2.75) is 76.7 Å². The molecular formula is C30H30F5NO. The molecule has 0 bridgehead atoms. The first-order valence-corrected chi connectivity index (χ1v) is 12.8. The first-order chi connectivity index (χ1) is 17.4. The zero-order valence-electron chi connectivity index (χ0n) is 20.9. The number of rotatable bonds is 4. The van der Waals surface area contributed by atoms with Gasteiger partial charge in [0.1, 0.15) is 5.82 Å². The second-order valence-corrected chi connectivity index (χ2v) is 11.2. The van der Waals surface area contributed by atoms with Gasteiger partial charge in [-0.25, -0.2) is 8.78 Å². The van der Waals surface area contributed by atoms with Gasteiger partial charge in [0.25, 0.3) is 0 Å². The van der Waals surface area contributed by atoms with Gasteiger partial charge in [-0.2, -0.15) is 13.2 Å². The first-order valence-electron chi connectivity index (χ1n) is 12.8. The molecular weight excluding hydrogens is 485 g/mol. The first kappa shape index (κ1) is 25.8. The Balaban J connectivity index is 1.77. The van der Waals surface area contributed by atoms with Crippen LogP contribution in [0, 0.1) is 11.2 Å². The van der Waals surface area contributed by atoms with Crippen molar-refractivity contribution >= 4 is 0 Å². The van der Waals surface area contributed by atoms with Crippen LogP contribution in [-0.4, -0.2) is 10.1 Å². The molecule has 1 N–H and O–H groups in total. The lowest BCUT2D eigenvalue weighted by Gasteiger charge is -2.37. The summed E-state index contributed by atoms with van der Waals surface area (Å²) in [6.45, 7) is 4.11. The summed E-state index contributed by atoms with van der Waals surface area (Å²) in [6, 6.07) is 9.84. The number of pyridine rings is 1. The smallest absolute Gasteiger partial charge is 0.388 e. The number of nitrogens with zero attached hydrogens (tertiary/aromatic N) is 1. The van der Waals surface area contributed by atoms with Crippen molar-refractivity contribution in [3.63, 3.8) is 0 Å². The molecule has 1 saturated carbocycles. The zero-order chi connectivity index (χ0) is 26.5. The standard InChI is InChI=1S/C30H30F5NO/c1-29(2)15-22-25(23(37)16-29)24(17-9-13-21(31)14-10-17)26(28(36-22)19-5-3-4-6-19)27(32)18-7-11-20(12-8-18)30(33,34)35/h7-14,19,23,27,37H,3-6,15-16H2,1-2H3. The minimum atomic E-state index is -4.52. The normalized spacial score (nSPS) is 20.6. The summed E-state index contributed by atoms with van der Waals surface area (Å²) in [5.41, 5.74) is 2.21. The van der Waals surface area contributed by atoms with Gasteiger partial charge in [-0.15, -0.1) is 0 Å². The lowest BCUT2D eigenvalue weighted by atomic mass is 9.71. The van der Waals surface area contributed by atoms with Crippen LogP contribution in [-0.2, 0) is 12.6 Å². The number of aromatic nitrogens is 1. The van der Waals surface area contributed by atoms with E-state index in [1.807, 2.05) is 0 Å². The highest BCUT2D eigenvalue weighted by Crippen LogP contribution is 2.50. The van der Waals surface area contributed by atoms with Crippen molar-refractivity contribution in [1.82, 2.24) is 4.98 Å². The summed E-state index contributed by atoms with van der Waals surface area (Å²) in [4.78, 5) is 4.99. The molecule has 5 rings (SSSR count). The summed E-state index contributed by atoms with van der Waals surface area (Å²) in [5.74, 6) is -0.431. The molecule has 0 amide bonds. The third-order valence-electron chi connectivity index (χ3n) is 7.76. The molecule has 37 heavy (non-hydrogen) atoms. The molecule has 1 aromatic heterocycles. The fraction of sp³-hybridized carbons (Fsp3) is 0.433. The third-order valence-corrected chi connectivity index (χ3v) is 7.76. The molecule has 0 spiro atoms. The lowest BCUT2D eigenvalue weighted by Crippen LogP contribution is -2.29. The molecule has 2 nitrogen and oxygen atoms in total. The number of aliphatic hydroxyl groups is 1. The molecule has 0 radical (unpaired) electrons. The van der Waals surface area contributed by atoms with E-state index in [1.165, 1.54) is 24.3 Å². The van der Waals surface area contributed by atoms with Crippen LogP contribution in [0.3, 0.4) is 0 Å². The topological polar surface area (TPSA) is 33.1 Å². The second-order valence-electron chi connectivity index (χ2n) is 11.2. The van der Waals surface area contributed by atoms with Crippen molar-refractivity contribution in [3.05, 3.63) is 88.0 Å². The Morgan fingerprint density at radius 1 is 0.973 bits per heavy atom. The van der Waals surface area contributed by atoms with E-state index in [4.69, 9.17) is 4.98 Å². The molecule has 2 aromatic carbocycles. The van der Waals surface area contributed by atoms with Crippen molar-refractivity contribution in [1.29, 1.82) is 0 Å². The molecule has 1 fully saturated rings. The minimum absolute atomic E-state index is 0.00868. The number of fused-ring (bicyclic) bond motifs is 1. The van der Waals surface area contributed by atoms with Crippen LogP contribution in [0.4, 0.5) is 22.0 Å². The van der Waals surface area contributed by atoms with Crippen molar-refractivity contribution < 1.29 is 27.1 Å². The highest BCUT2D eigenvalue weighted by Gasteiger charge is 2.39. The number of hydrogen-bond acceptors (Lipinski definition) is 2. The molecule has 2 aliphatic rings. The Morgan fingerprint density at radius 2 is 1.59 bits per heavy atom. The van der Waals surface area contributed by atoms with Crippen LogP contribution in [0.25, 0.3) is 11.1 Å². The zero-order valence-corrected chi connectivity index (χ0v) is 20.9. The van der Waals surface area contributed by atoms with E-state index in [2.05, 4.69) is 13.8 Å². The molecule has 3 aromatic rings. The van der Waals surface area contributed by atoms with Crippen molar-refractivity contribution in [3.8, 4) is 11.1 Å². The molecule has 0 saturated heterocycles. The maximum absolute atomic E-state index is 16.6. The highest BCUT2D eigenvalue weighted by molar-refractivity contribution is 5.75. The Kier molecular flexibility index (Phi) is 6.63. The van der Waals surface area contributed by atoms with Gasteiger partial charge in [-0.3, -0.25) is 4.98 Å². The van der Waals surface area contributed by atoms with Gasteiger partial charge in [-0.05, 0) is 72.1 Å². The van der Waals surface area contributed by atoms with E-state index in [9.17, 15) is 22.7 Å². The maximum Gasteiger partial charge on any atom is 0.416 e. The minimum Gasteiger partial charge on any atom is -0.388 e.